The van der Waals surface area contributed by atoms with Crippen molar-refractivity contribution in [2.24, 2.45) is 0 Å². The zero-order chi connectivity index (χ0) is 13.1. The Morgan fingerprint density at radius 3 is 2.89 bits per heavy atom. The van der Waals surface area contributed by atoms with Crippen molar-refractivity contribution in [3.63, 3.8) is 0 Å². The lowest BCUT2D eigenvalue weighted by Crippen LogP contribution is -2.27. The number of amides is 1. The van der Waals surface area contributed by atoms with E-state index in [0.717, 1.165) is 5.69 Å². The minimum absolute atomic E-state index is 0.218. The summed E-state index contributed by atoms with van der Waals surface area (Å²) in [4.78, 5) is 23.1. The molecule has 0 fully saturated rings. The second kappa shape index (κ2) is 5.18. The maximum atomic E-state index is 12.0. The van der Waals surface area contributed by atoms with E-state index in [0.29, 0.717) is 16.4 Å². The molecule has 0 spiro atoms. The highest BCUT2D eigenvalue weighted by molar-refractivity contribution is 6.33. The molecule has 2 heterocycles. The minimum Gasteiger partial charge on any atom is -0.347 e. The zero-order valence-electron chi connectivity index (χ0n) is 10.1. The highest BCUT2D eigenvalue weighted by Gasteiger charge is 2.15. The molecular formula is C12H13ClN4O. The van der Waals surface area contributed by atoms with Gasteiger partial charge in [-0.25, -0.2) is 4.98 Å². The van der Waals surface area contributed by atoms with Crippen LogP contribution in [0.15, 0.2) is 24.7 Å². The number of aromatic nitrogens is 3. The summed E-state index contributed by atoms with van der Waals surface area (Å²) < 4.78 is 0. The molecule has 0 aliphatic heterocycles. The lowest BCUT2D eigenvalue weighted by Gasteiger charge is -2.12. The van der Waals surface area contributed by atoms with Crippen LogP contribution in [0.25, 0.3) is 0 Å². The number of aryl methyl sites for hydroxylation is 1. The summed E-state index contributed by atoms with van der Waals surface area (Å²) in [5.41, 5.74) is 1.14. The number of pyridine rings is 1. The first-order chi connectivity index (χ1) is 8.58. The Bertz CT molecular complexity index is 553. The summed E-state index contributed by atoms with van der Waals surface area (Å²) in [7, 11) is 0. The average Bonchev–Trinajstić information content (AvgIpc) is 2.81. The van der Waals surface area contributed by atoms with E-state index in [2.05, 4.69) is 20.3 Å². The van der Waals surface area contributed by atoms with Crippen molar-refractivity contribution in [1.29, 1.82) is 0 Å². The number of aromatic amines is 1. The largest absolute Gasteiger partial charge is 0.347 e. The molecule has 0 aromatic carbocycles. The van der Waals surface area contributed by atoms with Crippen molar-refractivity contribution in [3.05, 3.63) is 46.8 Å². The van der Waals surface area contributed by atoms with Gasteiger partial charge in [-0.15, -0.1) is 0 Å². The number of carbonyl (C=O) groups is 1. The van der Waals surface area contributed by atoms with Crippen molar-refractivity contribution in [2.45, 2.75) is 19.9 Å². The second-order valence-corrected chi connectivity index (χ2v) is 4.38. The average molecular weight is 265 g/mol. The van der Waals surface area contributed by atoms with E-state index >= 15 is 0 Å². The van der Waals surface area contributed by atoms with Gasteiger partial charge in [-0.3, -0.25) is 9.78 Å². The van der Waals surface area contributed by atoms with Crippen molar-refractivity contribution >= 4 is 17.5 Å². The maximum Gasteiger partial charge on any atom is 0.254 e. The van der Waals surface area contributed by atoms with Crippen LogP contribution in [0.5, 0.6) is 0 Å². The number of hydrogen-bond donors (Lipinski definition) is 2. The lowest BCUT2D eigenvalue weighted by atomic mass is 10.2. The summed E-state index contributed by atoms with van der Waals surface area (Å²) >= 11 is 6.01. The molecule has 0 saturated heterocycles. The fourth-order valence-electron chi connectivity index (χ4n) is 1.55. The van der Waals surface area contributed by atoms with Crippen LogP contribution in [0.4, 0.5) is 0 Å². The number of imidazole rings is 1. The summed E-state index contributed by atoms with van der Waals surface area (Å²) in [6, 6.07) is 1.44. The standard InChI is InChI=1S/C12H13ClN4O/c1-7-5-10(13)9(6-16-7)12(18)17-8(2)11-14-3-4-15-11/h3-6,8H,1-2H3,(H,14,15)(H,17,18). The van der Waals surface area contributed by atoms with Crippen molar-refractivity contribution in [2.75, 3.05) is 0 Å². The van der Waals surface area contributed by atoms with Crippen LogP contribution in [0.2, 0.25) is 5.02 Å². The summed E-state index contributed by atoms with van der Waals surface area (Å²) in [6.07, 6.45) is 4.82. The maximum absolute atomic E-state index is 12.0. The predicted octanol–water partition coefficient (Wildman–Crippen LogP) is 2.26. The van der Waals surface area contributed by atoms with Gasteiger partial charge in [-0.05, 0) is 19.9 Å². The van der Waals surface area contributed by atoms with Gasteiger partial charge in [0.2, 0.25) is 0 Å². The van der Waals surface area contributed by atoms with E-state index in [-0.39, 0.29) is 11.9 Å². The van der Waals surface area contributed by atoms with Gasteiger partial charge < -0.3 is 10.3 Å². The van der Waals surface area contributed by atoms with E-state index in [1.54, 1.807) is 18.5 Å². The lowest BCUT2D eigenvalue weighted by molar-refractivity contribution is 0.0938. The molecule has 1 atom stereocenters. The number of nitrogens with zero attached hydrogens (tertiary/aromatic N) is 2. The smallest absolute Gasteiger partial charge is 0.254 e. The van der Waals surface area contributed by atoms with Gasteiger partial charge >= 0.3 is 0 Å². The highest BCUT2D eigenvalue weighted by atomic mass is 35.5. The van der Waals surface area contributed by atoms with Gasteiger partial charge in [0, 0.05) is 24.3 Å². The number of carbonyl (C=O) groups excluding carboxylic acids is 1. The van der Waals surface area contributed by atoms with Gasteiger partial charge in [0.1, 0.15) is 5.82 Å². The Hall–Kier alpha value is -1.88. The van der Waals surface area contributed by atoms with Gasteiger partial charge in [-0.1, -0.05) is 11.6 Å². The quantitative estimate of drug-likeness (QED) is 0.893. The van der Waals surface area contributed by atoms with Crippen LogP contribution < -0.4 is 5.32 Å². The number of hydrogen-bond acceptors (Lipinski definition) is 3. The number of H-pyrrole nitrogens is 1. The molecule has 2 aromatic rings. The molecule has 0 aliphatic rings. The third-order valence-electron chi connectivity index (χ3n) is 2.51. The summed E-state index contributed by atoms with van der Waals surface area (Å²) in [5.74, 6) is 0.427. The Kier molecular flexibility index (Phi) is 3.62. The molecule has 6 heteroatoms. The second-order valence-electron chi connectivity index (χ2n) is 3.98. The Morgan fingerprint density at radius 2 is 2.28 bits per heavy atom. The van der Waals surface area contributed by atoms with Crippen LogP contribution >= 0.6 is 11.6 Å². The molecule has 1 unspecified atom stereocenters. The van der Waals surface area contributed by atoms with E-state index in [9.17, 15) is 4.79 Å². The first-order valence-electron chi connectivity index (χ1n) is 5.50. The molecule has 0 bridgehead atoms. The van der Waals surface area contributed by atoms with Crippen LogP contribution in [0.1, 0.15) is 34.8 Å². The molecule has 1 amide bonds. The SMILES string of the molecule is Cc1cc(Cl)c(C(=O)NC(C)c2ncc[nH]2)cn1. The third kappa shape index (κ3) is 2.68. The normalized spacial score (nSPS) is 12.2. The fraction of sp³-hybridized carbons (Fsp3) is 0.250. The fourth-order valence-corrected chi connectivity index (χ4v) is 1.84. The van der Waals surface area contributed by atoms with Crippen LogP contribution in [0, 0.1) is 6.92 Å². The number of rotatable bonds is 3. The van der Waals surface area contributed by atoms with Crippen molar-refractivity contribution in [1.82, 2.24) is 20.3 Å². The summed E-state index contributed by atoms with van der Waals surface area (Å²) in [6.45, 7) is 3.66. The van der Waals surface area contributed by atoms with Crippen LogP contribution in [-0.4, -0.2) is 20.9 Å². The molecule has 2 N–H and O–H groups in total. The van der Waals surface area contributed by atoms with Crippen LogP contribution in [-0.2, 0) is 0 Å². The van der Waals surface area contributed by atoms with Gasteiger partial charge in [-0.2, -0.15) is 0 Å². The zero-order valence-corrected chi connectivity index (χ0v) is 10.8. The van der Waals surface area contributed by atoms with Gasteiger partial charge in [0.15, 0.2) is 0 Å². The Labute approximate surface area is 110 Å². The van der Waals surface area contributed by atoms with Gasteiger partial charge in [0.25, 0.3) is 5.91 Å². The molecule has 5 nitrogen and oxygen atoms in total. The first kappa shape index (κ1) is 12.6. The third-order valence-corrected chi connectivity index (χ3v) is 2.82. The summed E-state index contributed by atoms with van der Waals surface area (Å²) in [5, 5.41) is 3.20. The molecule has 94 valence electrons. The minimum atomic E-state index is -0.267. The molecule has 0 saturated carbocycles. The Morgan fingerprint density at radius 1 is 1.50 bits per heavy atom. The number of halogens is 1. The van der Waals surface area contributed by atoms with Gasteiger partial charge in [0.05, 0.1) is 16.6 Å². The molecule has 2 aromatic heterocycles. The van der Waals surface area contributed by atoms with E-state index < -0.39 is 0 Å². The molecular weight excluding hydrogens is 252 g/mol. The molecule has 0 aliphatic carbocycles. The Balaban J connectivity index is 2.12. The van der Waals surface area contributed by atoms with E-state index in [1.165, 1.54) is 6.20 Å². The predicted molar refractivity (Wildman–Crippen MR) is 68.5 cm³/mol. The number of nitrogens with one attached hydrogen (secondary N) is 2. The molecule has 18 heavy (non-hydrogen) atoms. The monoisotopic (exact) mass is 264 g/mol. The molecule has 2 rings (SSSR count). The molecule has 0 radical (unpaired) electrons. The van der Waals surface area contributed by atoms with Crippen LogP contribution in [0.3, 0.4) is 0 Å². The van der Waals surface area contributed by atoms with E-state index in [1.807, 2.05) is 13.8 Å². The van der Waals surface area contributed by atoms with Crippen molar-refractivity contribution in [3.8, 4) is 0 Å². The highest BCUT2D eigenvalue weighted by Crippen LogP contribution is 2.16. The topological polar surface area (TPSA) is 70.7 Å². The first-order valence-corrected chi connectivity index (χ1v) is 5.88. The van der Waals surface area contributed by atoms with E-state index in [4.69, 9.17) is 11.6 Å². The van der Waals surface area contributed by atoms with Crippen molar-refractivity contribution < 1.29 is 4.79 Å².